The number of amides is 2. The normalized spacial score (nSPS) is 16.9. The van der Waals surface area contributed by atoms with Crippen LogP contribution >= 0.6 is 23.1 Å². The van der Waals surface area contributed by atoms with Crippen molar-refractivity contribution in [1.82, 2.24) is 4.90 Å². The molecule has 126 valence electrons. The molecule has 5 nitrogen and oxygen atoms in total. The highest BCUT2D eigenvalue weighted by molar-refractivity contribution is 7.99. The second-order valence-corrected chi connectivity index (χ2v) is 7.33. The molecule has 7 heteroatoms. The van der Waals surface area contributed by atoms with Crippen LogP contribution < -0.4 is 5.32 Å². The van der Waals surface area contributed by atoms with Crippen molar-refractivity contribution >= 4 is 40.8 Å². The van der Waals surface area contributed by atoms with Crippen molar-refractivity contribution in [2.75, 3.05) is 24.2 Å². The summed E-state index contributed by atoms with van der Waals surface area (Å²) in [5.74, 6) is 0.571. The van der Waals surface area contributed by atoms with Crippen LogP contribution in [0.1, 0.15) is 27.5 Å². The molecule has 1 unspecified atom stereocenters. The van der Waals surface area contributed by atoms with Crippen LogP contribution in [0.15, 0.2) is 41.8 Å². The van der Waals surface area contributed by atoms with Crippen molar-refractivity contribution in [3.8, 4) is 0 Å². The smallest absolute Gasteiger partial charge is 0.338 e. The summed E-state index contributed by atoms with van der Waals surface area (Å²) >= 11 is 3.44. The van der Waals surface area contributed by atoms with E-state index in [2.05, 4.69) is 11.4 Å². The molecule has 1 saturated heterocycles. The fourth-order valence-electron chi connectivity index (χ4n) is 2.44. The summed E-state index contributed by atoms with van der Waals surface area (Å²) in [6.45, 7) is 2.83. The number of benzene rings is 1. The number of nitrogens with one attached hydrogen (secondary N) is 1. The fraction of sp³-hybridized carbons (Fsp3) is 0.294. The van der Waals surface area contributed by atoms with Gasteiger partial charge in [0.1, 0.15) is 5.37 Å². The number of rotatable bonds is 4. The van der Waals surface area contributed by atoms with Crippen molar-refractivity contribution < 1.29 is 14.3 Å². The second kappa shape index (κ2) is 7.72. The number of carbonyl (C=O) groups excluding carboxylic acids is 2. The van der Waals surface area contributed by atoms with Crippen molar-refractivity contribution in [3.05, 3.63) is 52.2 Å². The zero-order chi connectivity index (χ0) is 16.9. The first-order chi connectivity index (χ1) is 11.7. The van der Waals surface area contributed by atoms with Crippen molar-refractivity contribution in [2.45, 2.75) is 12.3 Å². The van der Waals surface area contributed by atoms with Gasteiger partial charge < -0.3 is 15.0 Å². The Labute approximate surface area is 149 Å². The van der Waals surface area contributed by atoms with Gasteiger partial charge in [-0.25, -0.2) is 9.59 Å². The summed E-state index contributed by atoms with van der Waals surface area (Å²) in [6.07, 6.45) is 0. The van der Waals surface area contributed by atoms with Gasteiger partial charge in [0.05, 0.1) is 12.2 Å². The average molecular weight is 362 g/mol. The predicted octanol–water partition coefficient (Wildman–Crippen LogP) is 4.20. The lowest BCUT2D eigenvalue weighted by molar-refractivity contribution is 0.0526. The van der Waals surface area contributed by atoms with E-state index >= 15 is 0 Å². The number of carbonyl (C=O) groups is 2. The van der Waals surface area contributed by atoms with Gasteiger partial charge in [0, 0.05) is 22.9 Å². The zero-order valence-electron chi connectivity index (χ0n) is 13.2. The van der Waals surface area contributed by atoms with Gasteiger partial charge >= 0.3 is 12.0 Å². The van der Waals surface area contributed by atoms with Gasteiger partial charge in [-0.1, -0.05) is 6.07 Å². The van der Waals surface area contributed by atoms with Gasteiger partial charge in [-0.3, -0.25) is 0 Å². The van der Waals surface area contributed by atoms with E-state index in [0.717, 1.165) is 12.3 Å². The number of hydrogen-bond acceptors (Lipinski definition) is 5. The number of hydrogen-bond donors (Lipinski definition) is 1. The highest BCUT2D eigenvalue weighted by Crippen LogP contribution is 2.40. The Bertz CT molecular complexity index is 701. The van der Waals surface area contributed by atoms with Crippen LogP contribution in [-0.4, -0.2) is 35.8 Å². The van der Waals surface area contributed by atoms with Crippen LogP contribution in [0.5, 0.6) is 0 Å². The van der Waals surface area contributed by atoms with Gasteiger partial charge in [-0.15, -0.1) is 23.1 Å². The first kappa shape index (κ1) is 16.9. The van der Waals surface area contributed by atoms with E-state index in [9.17, 15) is 9.59 Å². The van der Waals surface area contributed by atoms with E-state index in [-0.39, 0.29) is 17.4 Å². The molecular weight excluding hydrogens is 344 g/mol. The SMILES string of the molecule is CCOC(=O)c1ccc(NC(=O)N2CCSC2c2cccs2)cc1. The van der Waals surface area contributed by atoms with Crippen LogP contribution in [0.2, 0.25) is 0 Å². The maximum Gasteiger partial charge on any atom is 0.338 e. The molecule has 2 amide bonds. The summed E-state index contributed by atoms with van der Waals surface area (Å²) in [4.78, 5) is 27.2. The van der Waals surface area contributed by atoms with E-state index < -0.39 is 0 Å². The largest absolute Gasteiger partial charge is 0.462 e. The highest BCUT2D eigenvalue weighted by atomic mass is 32.2. The Balaban J connectivity index is 1.65. The number of urea groups is 1. The minimum atomic E-state index is -0.357. The predicted molar refractivity (Wildman–Crippen MR) is 97.6 cm³/mol. The molecule has 0 radical (unpaired) electrons. The molecule has 0 saturated carbocycles. The van der Waals surface area contributed by atoms with Crippen molar-refractivity contribution in [1.29, 1.82) is 0 Å². The molecule has 0 spiro atoms. The van der Waals surface area contributed by atoms with Crippen LogP contribution in [0.3, 0.4) is 0 Å². The number of nitrogens with zero attached hydrogens (tertiary/aromatic N) is 1. The number of anilines is 1. The Hall–Kier alpha value is -1.99. The summed E-state index contributed by atoms with van der Waals surface area (Å²) in [5, 5.41) is 5.00. The van der Waals surface area contributed by atoms with Gasteiger partial charge in [0.25, 0.3) is 0 Å². The standard InChI is InChI=1S/C17H18N2O3S2/c1-2-22-16(20)12-5-7-13(8-6-12)18-17(21)19-9-11-24-15(19)14-4-3-10-23-14/h3-8,10,15H,2,9,11H2,1H3,(H,18,21). The summed E-state index contributed by atoms with van der Waals surface area (Å²) in [7, 11) is 0. The van der Waals surface area contributed by atoms with E-state index in [1.54, 1.807) is 54.3 Å². The third-order valence-electron chi connectivity index (χ3n) is 3.59. The molecule has 1 N–H and O–H groups in total. The van der Waals surface area contributed by atoms with E-state index in [4.69, 9.17) is 4.74 Å². The summed E-state index contributed by atoms with van der Waals surface area (Å²) in [6, 6.07) is 10.7. The lowest BCUT2D eigenvalue weighted by atomic mass is 10.2. The molecule has 1 aromatic heterocycles. The lowest BCUT2D eigenvalue weighted by Gasteiger charge is -2.23. The molecule has 1 fully saturated rings. The van der Waals surface area contributed by atoms with Gasteiger partial charge in [0.2, 0.25) is 0 Å². The molecule has 24 heavy (non-hydrogen) atoms. The lowest BCUT2D eigenvalue weighted by Crippen LogP contribution is -2.34. The van der Waals surface area contributed by atoms with Gasteiger partial charge in [-0.2, -0.15) is 0 Å². The third-order valence-corrected chi connectivity index (χ3v) is 5.90. The third kappa shape index (κ3) is 3.73. The van der Waals surface area contributed by atoms with Crippen LogP contribution in [0.25, 0.3) is 0 Å². The molecule has 3 rings (SSSR count). The molecule has 1 atom stereocenters. The Morgan fingerprint density at radius 3 is 2.75 bits per heavy atom. The monoisotopic (exact) mass is 362 g/mol. The Morgan fingerprint density at radius 1 is 1.29 bits per heavy atom. The molecule has 1 aliphatic heterocycles. The topological polar surface area (TPSA) is 58.6 Å². The maximum atomic E-state index is 12.6. The average Bonchev–Trinajstić information content (AvgIpc) is 3.26. The highest BCUT2D eigenvalue weighted by Gasteiger charge is 2.31. The first-order valence-corrected chi connectivity index (χ1v) is 9.61. The molecule has 2 heterocycles. The summed E-state index contributed by atoms with van der Waals surface area (Å²) in [5.41, 5.74) is 1.14. The molecule has 1 aliphatic rings. The molecule has 0 aliphatic carbocycles. The quantitative estimate of drug-likeness (QED) is 0.828. The van der Waals surface area contributed by atoms with Crippen LogP contribution in [0, 0.1) is 0 Å². The number of esters is 1. The van der Waals surface area contributed by atoms with E-state index in [1.807, 2.05) is 16.3 Å². The number of ether oxygens (including phenoxy) is 1. The second-order valence-electron chi connectivity index (χ2n) is 5.16. The van der Waals surface area contributed by atoms with Crippen LogP contribution in [-0.2, 0) is 4.74 Å². The van der Waals surface area contributed by atoms with Gasteiger partial charge in [-0.05, 0) is 42.6 Å². The summed E-state index contributed by atoms with van der Waals surface area (Å²) < 4.78 is 4.95. The number of thioether (sulfide) groups is 1. The van der Waals surface area contributed by atoms with Gasteiger partial charge in [0.15, 0.2) is 0 Å². The Morgan fingerprint density at radius 2 is 2.08 bits per heavy atom. The molecular formula is C17H18N2O3S2. The van der Waals surface area contributed by atoms with E-state index in [1.165, 1.54) is 4.88 Å². The molecule has 0 bridgehead atoms. The van der Waals surface area contributed by atoms with E-state index in [0.29, 0.717) is 17.9 Å². The van der Waals surface area contributed by atoms with Crippen molar-refractivity contribution in [3.63, 3.8) is 0 Å². The molecule has 2 aromatic rings. The minimum Gasteiger partial charge on any atom is -0.462 e. The number of thiophene rings is 1. The fourth-order valence-corrected chi connectivity index (χ4v) is 4.68. The first-order valence-electron chi connectivity index (χ1n) is 7.69. The molecule has 1 aromatic carbocycles. The minimum absolute atomic E-state index is 0.0730. The van der Waals surface area contributed by atoms with Crippen molar-refractivity contribution in [2.24, 2.45) is 0 Å². The maximum absolute atomic E-state index is 12.6. The Kier molecular flexibility index (Phi) is 5.42. The van der Waals surface area contributed by atoms with Crippen LogP contribution in [0.4, 0.5) is 10.5 Å². The zero-order valence-corrected chi connectivity index (χ0v) is 14.9.